The molecule has 0 aliphatic rings. The van der Waals surface area contributed by atoms with Crippen LogP contribution in [0.5, 0.6) is 0 Å². The number of carboxylic acid groups (broad SMARTS) is 1. The summed E-state index contributed by atoms with van der Waals surface area (Å²) >= 11 is 0. The van der Waals surface area contributed by atoms with Crippen LogP contribution in [-0.2, 0) is 11.3 Å². The Morgan fingerprint density at radius 1 is 1.61 bits per heavy atom. The van der Waals surface area contributed by atoms with Gasteiger partial charge in [0.15, 0.2) is 5.82 Å². The van der Waals surface area contributed by atoms with E-state index in [0.717, 1.165) is 0 Å². The van der Waals surface area contributed by atoms with E-state index in [1.165, 1.54) is 11.5 Å². The van der Waals surface area contributed by atoms with Gasteiger partial charge in [0.1, 0.15) is 5.54 Å². The summed E-state index contributed by atoms with van der Waals surface area (Å²) in [6.45, 7) is 3.49. The number of rotatable bonds is 6. The summed E-state index contributed by atoms with van der Waals surface area (Å²) < 4.78 is 5.83. The van der Waals surface area contributed by atoms with Crippen molar-refractivity contribution in [3.8, 4) is 0 Å². The average molecular weight is 255 g/mol. The SMILES string of the molecule is Cc1noc(=O)n1C/C=C\CCC(C)(N)C(=O)O. The average Bonchev–Trinajstić information content (AvgIpc) is 2.59. The van der Waals surface area contributed by atoms with E-state index in [4.69, 9.17) is 10.8 Å². The number of hydrogen-bond donors (Lipinski definition) is 2. The molecule has 1 aromatic heterocycles. The lowest BCUT2D eigenvalue weighted by molar-refractivity contribution is -0.142. The van der Waals surface area contributed by atoms with Crippen LogP contribution in [0.15, 0.2) is 21.5 Å². The van der Waals surface area contributed by atoms with Crippen molar-refractivity contribution in [2.24, 2.45) is 5.73 Å². The van der Waals surface area contributed by atoms with Crippen molar-refractivity contribution in [2.45, 2.75) is 38.8 Å². The van der Waals surface area contributed by atoms with Gasteiger partial charge in [-0.2, -0.15) is 0 Å². The second-order valence-corrected chi connectivity index (χ2v) is 4.34. The standard InChI is InChI=1S/C11H17N3O4/c1-8-13-18-10(17)14(8)7-5-3-4-6-11(2,12)9(15)16/h3,5H,4,6-7,12H2,1-2H3,(H,15,16)/b5-3-. The zero-order valence-electron chi connectivity index (χ0n) is 10.4. The molecule has 18 heavy (non-hydrogen) atoms. The Hall–Kier alpha value is -1.89. The van der Waals surface area contributed by atoms with Crippen molar-refractivity contribution in [1.29, 1.82) is 0 Å². The Kier molecular flexibility index (Phi) is 4.43. The molecule has 0 aromatic carbocycles. The molecule has 100 valence electrons. The first-order chi connectivity index (χ1) is 8.34. The number of aliphatic carboxylic acids is 1. The van der Waals surface area contributed by atoms with E-state index in [2.05, 4.69) is 9.68 Å². The number of nitrogens with zero attached hydrogens (tertiary/aromatic N) is 2. The molecule has 1 unspecified atom stereocenters. The highest BCUT2D eigenvalue weighted by molar-refractivity contribution is 5.77. The lowest BCUT2D eigenvalue weighted by Gasteiger charge is -2.17. The maximum atomic E-state index is 11.2. The molecular formula is C11H17N3O4. The monoisotopic (exact) mass is 255 g/mol. The quantitative estimate of drug-likeness (QED) is 0.706. The molecule has 1 aromatic rings. The van der Waals surface area contributed by atoms with Crippen molar-refractivity contribution < 1.29 is 14.4 Å². The largest absolute Gasteiger partial charge is 0.480 e. The Morgan fingerprint density at radius 2 is 2.28 bits per heavy atom. The molecule has 0 saturated heterocycles. The van der Waals surface area contributed by atoms with E-state index in [0.29, 0.717) is 25.2 Å². The Labute approximate surface area is 104 Å². The molecule has 7 nitrogen and oxygen atoms in total. The molecule has 1 heterocycles. The van der Waals surface area contributed by atoms with Gasteiger partial charge in [-0.05, 0) is 26.7 Å². The topological polar surface area (TPSA) is 111 Å². The van der Waals surface area contributed by atoms with Crippen molar-refractivity contribution >= 4 is 5.97 Å². The van der Waals surface area contributed by atoms with E-state index in [1.807, 2.05) is 0 Å². The number of nitrogens with two attached hydrogens (primary N) is 1. The normalized spacial score (nSPS) is 14.8. The van der Waals surface area contributed by atoms with Crippen LogP contribution in [0.1, 0.15) is 25.6 Å². The zero-order valence-corrected chi connectivity index (χ0v) is 10.4. The molecule has 1 rings (SSSR count). The molecule has 0 spiro atoms. The van der Waals surface area contributed by atoms with Crippen LogP contribution in [0.4, 0.5) is 0 Å². The minimum atomic E-state index is -1.23. The van der Waals surface area contributed by atoms with Gasteiger partial charge in [0.05, 0.1) is 0 Å². The number of carbonyl (C=O) groups is 1. The fourth-order valence-electron chi connectivity index (χ4n) is 1.33. The second-order valence-electron chi connectivity index (χ2n) is 4.34. The molecule has 0 fully saturated rings. The minimum absolute atomic E-state index is 0.330. The van der Waals surface area contributed by atoms with Crippen LogP contribution in [0.2, 0.25) is 0 Å². The van der Waals surface area contributed by atoms with Gasteiger partial charge in [-0.25, -0.2) is 4.79 Å². The van der Waals surface area contributed by atoms with Crippen LogP contribution in [0.25, 0.3) is 0 Å². The fraction of sp³-hybridized carbons (Fsp3) is 0.545. The Morgan fingerprint density at radius 3 is 2.78 bits per heavy atom. The molecule has 0 bridgehead atoms. The molecule has 1 atom stereocenters. The first-order valence-electron chi connectivity index (χ1n) is 5.55. The smallest absolute Gasteiger partial charge is 0.441 e. The number of hydrogen-bond acceptors (Lipinski definition) is 5. The van der Waals surface area contributed by atoms with E-state index in [-0.39, 0.29) is 0 Å². The van der Waals surface area contributed by atoms with Crippen molar-refractivity contribution in [3.05, 3.63) is 28.5 Å². The van der Waals surface area contributed by atoms with Gasteiger partial charge in [-0.1, -0.05) is 17.3 Å². The minimum Gasteiger partial charge on any atom is -0.480 e. The molecule has 0 amide bonds. The second kappa shape index (κ2) is 5.63. The lowest BCUT2D eigenvalue weighted by atomic mass is 9.97. The maximum absolute atomic E-state index is 11.2. The molecule has 3 N–H and O–H groups in total. The van der Waals surface area contributed by atoms with Gasteiger partial charge in [-0.15, -0.1) is 0 Å². The Bertz CT molecular complexity index is 499. The third-order valence-electron chi connectivity index (χ3n) is 2.64. The molecule has 0 radical (unpaired) electrons. The Balaban J connectivity index is 2.44. The summed E-state index contributed by atoms with van der Waals surface area (Å²) in [5.74, 6) is -1.04. The van der Waals surface area contributed by atoms with Crippen LogP contribution in [0.3, 0.4) is 0 Å². The third kappa shape index (κ3) is 3.56. The summed E-state index contributed by atoms with van der Waals surface area (Å²) in [6, 6.07) is 0. The number of aromatic nitrogens is 2. The van der Waals surface area contributed by atoms with Crippen molar-refractivity contribution in [1.82, 2.24) is 9.72 Å². The van der Waals surface area contributed by atoms with E-state index in [9.17, 15) is 9.59 Å². The molecule has 0 aliphatic heterocycles. The van der Waals surface area contributed by atoms with Crippen LogP contribution in [-0.4, -0.2) is 26.3 Å². The fourth-order valence-corrected chi connectivity index (χ4v) is 1.33. The predicted octanol–water partition coefficient (Wildman–Crippen LogP) is 0.283. The molecule has 0 saturated carbocycles. The molecule has 0 aliphatic carbocycles. The van der Waals surface area contributed by atoms with Crippen molar-refractivity contribution in [2.75, 3.05) is 0 Å². The summed E-state index contributed by atoms with van der Waals surface area (Å²) in [4.78, 5) is 21.9. The highest BCUT2D eigenvalue weighted by Crippen LogP contribution is 2.09. The van der Waals surface area contributed by atoms with Gasteiger partial charge in [0, 0.05) is 6.54 Å². The summed E-state index contributed by atoms with van der Waals surface area (Å²) in [5, 5.41) is 12.3. The first kappa shape index (κ1) is 14.2. The van der Waals surface area contributed by atoms with E-state index < -0.39 is 17.3 Å². The number of allylic oxidation sites excluding steroid dienone is 2. The zero-order chi connectivity index (χ0) is 13.8. The number of carboxylic acids is 1. The predicted molar refractivity (Wildman–Crippen MR) is 64.1 cm³/mol. The van der Waals surface area contributed by atoms with E-state index in [1.54, 1.807) is 19.1 Å². The van der Waals surface area contributed by atoms with Crippen LogP contribution >= 0.6 is 0 Å². The van der Waals surface area contributed by atoms with E-state index >= 15 is 0 Å². The third-order valence-corrected chi connectivity index (χ3v) is 2.64. The number of aryl methyl sites for hydroxylation is 1. The first-order valence-corrected chi connectivity index (χ1v) is 5.55. The van der Waals surface area contributed by atoms with Crippen molar-refractivity contribution in [3.63, 3.8) is 0 Å². The summed E-state index contributed by atoms with van der Waals surface area (Å²) in [7, 11) is 0. The van der Waals surface area contributed by atoms with Gasteiger partial charge < -0.3 is 10.8 Å². The lowest BCUT2D eigenvalue weighted by Crippen LogP contribution is -2.44. The van der Waals surface area contributed by atoms with Gasteiger partial charge >= 0.3 is 11.7 Å². The van der Waals surface area contributed by atoms with Gasteiger partial charge in [0.25, 0.3) is 0 Å². The van der Waals surface area contributed by atoms with Crippen LogP contribution in [0, 0.1) is 6.92 Å². The summed E-state index contributed by atoms with van der Waals surface area (Å²) in [5.41, 5.74) is 4.34. The highest BCUT2D eigenvalue weighted by Gasteiger charge is 2.26. The summed E-state index contributed by atoms with van der Waals surface area (Å²) in [6.07, 6.45) is 4.39. The van der Waals surface area contributed by atoms with Gasteiger partial charge in [-0.3, -0.25) is 13.9 Å². The van der Waals surface area contributed by atoms with Crippen LogP contribution < -0.4 is 11.5 Å². The maximum Gasteiger partial charge on any atom is 0.441 e. The highest BCUT2D eigenvalue weighted by atomic mass is 16.5. The molecule has 7 heteroatoms. The molecular weight excluding hydrogens is 238 g/mol. The van der Waals surface area contributed by atoms with Gasteiger partial charge in [0.2, 0.25) is 0 Å².